The molecule has 40 heavy (non-hydrogen) atoms. The molecule has 2 aromatic carbocycles. The van der Waals surface area contributed by atoms with Gasteiger partial charge in [-0.15, -0.1) is 0 Å². The molecule has 0 spiro atoms. The molecule has 0 unspecified atom stereocenters. The molecule has 0 bridgehead atoms. The summed E-state index contributed by atoms with van der Waals surface area (Å²) in [6, 6.07) is 16.7. The van der Waals surface area contributed by atoms with E-state index in [1.165, 1.54) is 28.2 Å². The summed E-state index contributed by atoms with van der Waals surface area (Å²) in [5.41, 5.74) is 7.60. The Labute approximate surface area is 240 Å². The SMILES string of the molecule is CC1=Nc2ccccc2C1(C)C.CC1=[N+](CCCCS(=O)(=O)[O-])c2ccccc2C1(C)C.O=S1(=O)CCCCO1. The molecule has 8 nitrogen and oxygen atoms in total. The molecular formula is C30H42N2O6S2. The highest BCUT2D eigenvalue weighted by Gasteiger charge is 2.42. The first-order chi connectivity index (χ1) is 18.6. The molecule has 10 heteroatoms. The molecule has 1 saturated heterocycles. The zero-order valence-corrected chi connectivity index (χ0v) is 26.1. The summed E-state index contributed by atoms with van der Waals surface area (Å²) in [5, 5.41) is 0. The fourth-order valence-electron chi connectivity index (χ4n) is 5.03. The van der Waals surface area contributed by atoms with Gasteiger partial charge in [0, 0.05) is 41.9 Å². The zero-order chi connectivity index (χ0) is 29.8. The Morgan fingerprint density at radius 3 is 2.10 bits per heavy atom. The zero-order valence-electron chi connectivity index (χ0n) is 24.4. The lowest BCUT2D eigenvalue weighted by Gasteiger charge is -2.19. The lowest BCUT2D eigenvalue weighted by atomic mass is 9.82. The summed E-state index contributed by atoms with van der Waals surface area (Å²) in [6.45, 7) is 14.2. The van der Waals surface area contributed by atoms with Gasteiger partial charge in [-0.2, -0.15) is 13.0 Å². The van der Waals surface area contributed by atoms with Crippen LogP contribution in [0.2, 0.25) is 0 Å². The maximum atomic E-state index is 10.6. The van der Waals surface area contributed by atoms with E-state index in [2.05, 4.69) is 85.6 Å². The molecular weight excluding hydrogens is 548 g/mol. The molecule has 2 aromatic rings. The minimum absolute atomic E-state index is 0.00119. The Balaban J connectivity index is 0.000000185. The number of benzene rings is 2. The van der Waals surface area contributed by atoms with E-state index in [0.717, 1.165) is 25.1 Å². The van der Waals surface area contributed by atoms with Crippen LogP contribution in [-0.2, 0) is 35.2 Å². The van der Waals surface area contributed by atoms with Crippen molar-refractivity contribution in [2.75, 3.05) is 24.7 Å². The summed E-state index contributed by atoms with van der Waals surface area (Å²) < 4.78 is 59.4. The van der Waals surface area contributed by atoms with Crippen molar-refractivity contribution >= 4 is 43.0 Å². The number of para-hydroxylation sites is 2. The van der Waals surface area contributed by atoms with E-state index in [-0.39, 0.29) is 22.3 Å². The predicted molar refractivity (Wildman–Crippen MR) is 160 cm³/mol. The number of fused-ring (bicyclic) bond motifs is 2. The Morgan fingerprint density at radius 1 is 0.925 bits per heavy atom. The van der Waals surface area contributed by atoms with Gasteiger partial charge in [-0.1, -0.05) is 50.2 Å². The Hall–Kier alpha value is -2.40. The molecule has 0 amide bonds. The van der Waals surface area contributed by atoms with Gasteiger partial charge in [0.1, 0.15) is 6.54 Å². The second kappa shape index (κ2) is 12.6. The second-order valence-corrected chi connectivity index (χ2v) is 14.8. The third-order valence-electron chi connectivity index (χ3n) is 8.03. The molecule has 1 fully saturated rings. The average molecular weight is 591 g/mol. The highest BCUT2D eigenvalue weighted by atomic mass is 32.2. The van der Waals surface area contributed by atoms with Gasteiger partial charge in [-0.25, -0.2) is 8.42 Å². The van der Waals surface area contributed by atoms with Crippen molar-refractivity contribution in [1.29, 1.82) is 0 Å². The standard InChI is InChI=1S/C15H21NO3S.C11H13N.C4H8O3S/c1-12-15(2,3)13-8-4-5-9-14(13)16(12)10-6-7-11-20(17,18)19;1-8-11(2,3)9-6-4-5-7-10(9)12-8;5-8(6)4-2-1-3-7-8/h4-5,8-9H,6-7,10-11H2,1-3H3;4-7H,1-3H3;1-4H2. The maximum absolute atomic E-state index is 10.6. The Morgan fingerprint density at radius 2 is 1.55 bits per heavy atom. The summed E-state index contributed by atoms with van der Waals surface area (Å²) in [5.74, 6) is -0.0715. The van der Waals surface area contributed by atoms with Gasteiger partial charge in [0.2, 0.25) is 5.69 Å². The lowest BCUT2D eigenvalue weighted by molar-refractivity contribution is -0.439. The molecule has 0 atom stereocenters. The molecule has 220 valence electrons. The normalized spacial score (nSPS) is 19.8. The van der Waals surface area contributed by atoms with Crippen LogP contribution in [0, 0.1) is 0 Å². The minimum Gasteiger partial charge on any atom is -0.748 e. The van der Waals surface area contributed by atoms with Gasteiger partial charge in [-0.3, -0.25) is 9.18 Å². The molecule has 0 N–H and O–H groups in total. The molecule has 0 aliphatic carbocycles. The maximum Gasteiger partial charge on any atom is 0.267 e. The molecule has 3 aliphatic heterocycles. The van der Waals surface area contributed by atoms with Crippen LogP contribution in [0.3, 0.4) is 0 Å². The van der Waals surface area contributed by atoms with Crippen LogP contribution in [0.25, 0.3) is 0 Å². The smallest absolute Gasteiger partial charge is 0.267 e. The molecule has 0 radical (unpaired) electrons. The lowest BCUT2D eigenvalue weighted by Crippen LogP contribution is -2.26. The van der Waals surface area contributed by atoms with Gasteiger partial charge >= 0.3 is 0 Å². The van der Waals surface area contributed by atoms with Crippen LogP contribution in [0.1, 0.15) is 78.4 Å². The van der Waals surface area contributed by atoms with E-state index in [9.17, 15) is 21.4 Å². The van der Waals surface area contributed by atoms with Gasteiger partial charge in [0.25, 0.3) is 10.1 Å². The highest BCUT2D eigenvalue weighted by Crippen LogP contribution is 2.40. The van der Waals surface area contributed by atoms with Crippen LogP contribution >= 0.6 is 0 Å². The monoisotopic (exact) mass is 590 g/mol. The quantitative estimate of drug-likeness (QED) is 0.194. The first-order valence-electron chi connectivity index (χ1n) is 13.7. The minimum atomic E-state index is -4.09. The fourth-order valence-corrected chi connectivity index (χ4v) is 6.63. The van der Waals surface area contributed by atoms with E-state index >= 15 is 0 Å². The Kier molecular flexibility index (Phi) is 10.1. The van der Waals surface area contributed by atoms with Gasteiger partial charge in [0.15, 0.2) is 5.71 Å². The third-order valence-corrected chi connectivity index (χ3v) is 10.1. The predicted octanol–water partition coefficient (Wildman–Crippen LogP) is 5.60. The van der Waals surface area contributed by atoms with Crippen molar-refractivity contribution in [1.82, 2.24) is 0 Å². The van der Waals surface area contributed by atoms with Crippen LogP contribution in [-0.4, -0.2) is 62.0 Å². The van der Waals surface area contributed by atoms with Gasteiger partial charge < -0.3 is 4.55 Å². The number of aliphatic imine (C=N–C) groups is 1. The Bertz CT molecular complexity index is 1480. The first kappa shape index (κ1) is 32.1. The summed E-state index contributed by atoms with van der Waals surface area (Å²) in [7, 11) is -7.17. The topological polar surface area (TPSA) is 116 Å². The summed E-state index contributed by atoms with van der Waals surface area (Å²) in [6.07, 6.45) is 2.74. The largest absolute Gasteiger partial charge is 0.748 e. The summed E-state index contributed by atoms with van der Waals surface area (Å²) in [4.78, 5) is 4.52. The van der Waals surface area contributed by atoms with Crippen molar-refractivity contribution in [3.05, 3.63) is 59.7 Å². The number of rotatable bonds is 5. The third kappa shape index (κ3) is 7.87. The van der Waals surface area contributed by atoms with E-state index in [4.69, 9.17) is 0 Å². The van der Waals surface area contributed by atoms with Crippen molar-refractivity contribution in [2.45, 2.75) is 78.1 Å². The van der Waals surface area contributed by atoms with Gasteiger partial charge in [0.05, 0.1) is 33.6 Å². The van der Waals surface area contributed by atoms with E-state index in [0.29, 0.717) is 19.4 Å². The van der Waals surface area contributed by atoms with Crippen molar-refractivity contribution in [3.63, 3.8) is 0 Å². The van der Waals surface area contributed by atoms with Gasteiger partial charge in [-0.05, 0) is 51.7 Å². The van der Waals surface area contributed by atoms with Crippen LogP contribution < -0.4 is 0 Å². The number of hydrogen-bond donors (Lipinski definition) is 0. The van der Waals surface area contributed by atoms with Crippen molar-refractivity contribution in [2.24, 2.45) is 4.99 Å². The van der Waals surface area contributed by atoms with Crippen LogP contribution in [0.4, 0.5) is 11.4 Å². The second-order valence-electron chi connectivity index (χ2n) is 11.5. The van der Waals surface area contributed by atoms with Crippen LogP contribution in [0.15, 0.2) is 53.5 Å². The molecule has 5 rings (SSSR count). The molecule has 0 aromatic heterocycles. The van der Waals surface area contributed by atoms with Crippen molar-refractivity contribution < 1.29 is 30.1 Å². The molecule has 0 saturated carbocycles. The molecule has 3 aliphatic rings. The molecule has 3 heterocycles. The number of unbranched alkanes of at least 4 members (excludes halogenated alkanes) is 1. The van der Waals surface area contributed by atoms with E-state index < -0.39 is 20.2 Å². The average Bonchev–Trinajstić information content (AvgIpc) is 3.22. The number of hydrogen-bond acceptors (Lipinski definition) is 7. The van der Waals surface area contributed by atoms with Crippen LogP contribution in [0.5, 0.6) is 0 Å². The van der Waals surface area contributed by atoms with Crippen molar-refractivity contribution in [3.8, 4) is 0 Å². The highest BCUT2D eigenvalue weighted by molar-refractivity contribution is 7.86. The summed E-state index contributed by atoms with van der Waals surface area (Å²) >= 11 is 0. The fraction of sp³-hybridized carbons (Fsp3) is 0.533. The van der Waals surface area contributed by atoms with E-state index in [1.807, 2.05) is 18.2 Å². The first-order valence-corrected chi connectivity index (χ1v) is 16.9. The number of nitrogens with zero attached hydrogens (tertiary/aromatic N) is 2. The van der Waals surface area contributed by atoms with E-state index in [1.54, 1.807) is 0 Å².